The van der Waals surface area contributed by atoms with E-state index in [2.05, 4.69) is 35.9 Å². The van der Waals surface area contributed by atoms with Crippen molar-refractivity contribution >= 4 is 0 Å². The van der Waals surface area contributed by atoms with Crippen LogP contribution in [-0.4, -0.2) is 74.4 Å². The monoisotopic (exact) mass is 283 g/mol. The third-order valence-corrected chi connectivity index (χ3v) is 4.45. The van der Waals surface area contributed by atoms with Crippen molar-refractivity contribution < 1.29 is 4.74 Å². The Hall–Kier alpha value is -0.160. The number of hydrogen-bond acceptors (Lipinski definition) is 4. The van der Waals surface area contributed by atoms with Gasteiger partial charge in [0.25, 0.3) is 0 Å². The van der Waals surface area contributed by atoms with E-state index < -0.39 is 0 Å². The second kappa shape index (κ2) is 8.32. The lowest BCUT2D eigenvalue weighted by Crippen LogP contribution is -2.49. The fourth-order valence-corrected chi connectivity index (χ4v) is 3.44. The molecular weight excluding hydrogens is 250 g/mol. The van der Waals surface area contributed by atoms with Crippen molar-refractivity contribution in [2.45, 2.75) is 45.8 Å². The number of rotatable bonds is 5. The van der Waals surface area contributed by atoms with Crippen LogP contribution in [0, 0.1) is 5.92 Å². The molecule has 118 valence electrons. The normalized spacial score (nSPS) is 30.6. The summed E-state index contributed by atoms with van der Waals surface area (Å²) in [7, 11) is 0. The van der Waals surface area contributed by atoms with Gasteiger partial charge in [0.05, 0.1) is 12.7 Å². The van der Waals surface area contributed by atoms with Crippen LogP contribution in [0.15, 0.2) is 0 Å². The molecule has 4 nitrogen and oxygen atoms in total. The van der Waals surface area contributed by atoms with Crippen molar-refractivity contribution in [2.24, 2.45) is 5.92 Å². The Morgan fingerprint density at radius 1 is 1.20 bits per heavy atom. The molecule has 2 atom stereocenters. The topological polar surface area (TPSA) is 27.7 Å². The molecule has 0 bridgehead atoms. The molecule has 2 saturated heterocycles. The molecule has 1 N–H and O–H groups in total. The minimum Gasteiger partial charge on any atom is -0.374 e. The van der Waals surface area contributed by atoms with Crippen LogP contribution in [0.1, 0.15) is 33.6 Å². The molecule has 0 aromatic carbocycles. The number of hydrogen-bond donors (Lipinski definition) is 1. The second-order valence-corrected chi connectivity index (χ2v) is 6.78. The fourth-order valence-electron chi connectivity index (χ4n) is 3.44. The summed E-state index contributed by atoms with van der Waals surface area (Å²) in [6, 6.07) is 0.656. The van der Waals surface area contributed by atoms with Gasteiger partial charge >= 0.3 is 0 Å². The zero-order valence-corrected chi connectivity index (χ0v) is 13.6. The van der Waals surface area contributed by atoms with E-state index in [9.17, 15) is 0 Å². The van der Waals surface area contributed by atoms with E-state index in [1.54, 1.807) is 0 Å². The number of nitrogens with zero attached hydrogens (tertiary/aromatic N) is 2. The van der Waals surface area contributed by atoms with Gasteiger partial charge in [0.2, 0.25) is 0 Å². The van der Waals surface area contributed by atoms with Gasteiger partial charge in [-0.1, -0.05) is 20.8 Å². The fraction of sp³-hybridized carbons (Fsp3) is 1.00. The van der Waals surface area contributed by atoms with Crippen molar-refractivity contribution in [3.8, 4) is 0 Å². The summed E-state index contributed by atoms with van der Waals surface area (Å²) in [5.41, 5.74) is 0. The molecular formula is C16H33N3O. The maximum absolute atomic E-state index is 5.97. The molecule has 0 aromatic heterocycles. The van der Waals surface area contributed by atoms with Gasteiger partial charge in [-0.3, -0.25) is 9.80 Å². The summed E-state index contributed by atoms with van der Waals surface area (Å²) < 4.78 is 5.97. The maximum Gasteiger partial charge on any atom is 0.0829 e. The number of morpholine rings is 1. The van der Waals surface area contributed by atoms with Gasteiger partial charge in [0.15, 0.2) is 0 Å². The minimum absolute atomic E-state index is 0.404. The SMILES string of the molecule is CCN1CCOC(CN2CCCNC(CC(C)C)C2)C1. The van der Waals surface area contributed by atoms with E-state index in [0.29, 0.717) is 12.1 Å². The molecule has 0 amide bonds. The lowest BCUT2D eigenvalue weighted by atomic mass is 10.0. The standard InChI is InChI=1S/C16H33N3O/c1-4-18-8-9-20-16(12-18)13-19-7-5-6-17-15(11-19)10-14(2)3/h14-17H,4-13H2,1-3H3. The van der Waals surface area contributed by atoms with Crippen LogP contribution in [-0.2, 0) is 4.74 Å². The largest absolute Gasteiger partial charge is 0.374 e. The molecule has 0 radical (unpaired) electrons. The highest BCUT2D eigenvalue weighted by molar-refractivity contribution is 4.81. The highest BCUT2D eigenvalue weighted by Gasteiger charge is 2.24. The summed E-state index contributed by atoms with van der Waals surface area (Å²) in [6.07, 6.45) is 2.95. The van der Waals surface area contributed by atoms with Crippen LogP contribution in [0.5, 0.6) is 0 Å². The molecule has 2 aliphatic heterocycles. The maximum atomic E-state index is 5.97. The zero-order chi connectivity index (χ0) is 14.4. The Morgan fingerprint density at radius 3 is 2.80 bits per heavy atom. The molecule has 20 heavy (non-hydrogen) atoms. The van der Waals surface area contributed by atoms with E-state index in [1.807, 2.05) is 0 Å². The highest BCUT2D eigenvalue weighted by Crippen LogP contribution is 2.12. The first kappa shape index (κ1) is 16.2. The highest BCUT2D eigenvalue weighted by atomic mass is 16.5. The third-order valence-electron chi connectivity index (χ3n) is 4.45. The van der Waals surface area contributed by atoms with Crippen molar-refractivity contribution in [1.82, 2.24) is 15.1 Å². The van der Waals surface area contributed by atoms with Gasteiger partial charge in [0.1, 0.15) is 0 Å². The number of likely N-dealkylation sites (N-methyl/N-ethyl adjacent to an activating group) is 1. The van der Waals surface area contributed by atoms with E-state index in [4.69, 9.17) is 4.74 Å². The molecule has 4 heteroatoms. The molecule has 2 unspecified atom stereocenters. The summed E-state index contributed by atoms with van der Waals surface area (Å²) >= 11 is 0. The van der Waals surface area contributed by atoms with Gasteiger partial charge < -0.3 is 10.1 Å². The summed E-state index contributed by atoms with van der Waals surface area (Å²) in [5.74, 6) is 0.772. The average molecular weight is 283 g/mol. The summed E-state index contributed by atoms with van der Waals surface area (Å²) in [5, 5.41) is 3.71. The van der Waals surface area contributed by atoms with Gasteiger partial charge in [-0.2, -0.15) is 0 Å². The van der Waals surface area contributed by atoms with Crippen LogP contribution in [0.3, 0.4) is 0 Å². The first-order chi connectivity index (χ1) is 9.67. The average Bonchev–Trinajstić information content (AvgIpc) is 2.63. The van der Waals surface area contributed by atoms with Crippen LogP contribution >= 0.6 is 0 Å². The van der Waals surface area contributed by atoms with Gasteiger partial charge in [0, 0.05) is 32.2 Å². The molecule has 2 aliphatic rings. The number of ether oxygens (including phenoxy) is 1. The van der Waals surface area contributed by atoms with E-state index in [-0.39, 0.29) is 0 Å². The lowest BCUT2D eigenvalue weighted by Gasteiger charge is -2.35. The summed E-state index contributed by atoms with van der Waals surface area (Å²) in [4.78, 5) is 5.13. The van der Waals surface area contributed by atoms with Gasteiger partial charge in [-0.15, -0.1) is 0 Å². The number of nitrogens with one attached hydrogen (secondary N) is 1. The Kier molecular flexibility index (Phi) is 6.75. The predicted octanol–water partition coefficient (Wildman–Crippen LogP) is 1.42. The Labute approximate surface area is 124 Å². The molecule has 2 rings (SSSR count). The van der Waals surface area contributed by atoms with Crippen molar-refractivity contribution in [2.75, 3.05) is 52.4 Å². The van der Waals surface area contributed by atoms with E-state index in [0.717, 1.165) is 38.7 Å². The Bertz CT molecular complexity index is 272. The van der Waals surface area contributed by atoms with Crippen molar-refractivity contribution in [1.29, 1.82) is 0 Å². The molecule has 2 heterocycles. The molecule has 2 fully saturated rings. The van der Waals surface area contributed by atoms with Gasteiger partial charge in [-0.05, 0) is 38.4 Å². The van der Waals surface area contributed by atoms with Crippen LogP contribution in [0.4, 0.5) is 0 Å². The second-order valence-electron chi connectivity index (χ2n) is 6.78. The smallest absolute Gasteiger partial charge is 0.0829 e. The first-order valence-corrected chi connectivity index (χ1v) is 8.47. The molecule has 0 aromatic rings. The molecule has 0 spiro atoms. The van der Waals surface area contributed by atoms with Gasteiger partial charge in [-0.25, -0.2) is 0 Å². The zero-order valence-electron chi connectivity index (χ0n) is 13.6. The van der Waals surface area contributed by atoms with Crippen molar-refractivity contribution in [3.05, 3.63) is 0 Å². The third kappa shape index (κ3) is 5.32. The quantitative estimate of drug-likeness (QED) is 0.826. The lowest BCUT2D eigenvalue weighted by molar-refractivity contribution is -0.0420. The molecule has 0 aliphatic carbocycles. The predicted molar refractivity (Wildman–Crippen MR) is 84.2 cm³/mol. The van der Waals surface area contributed by atoms with Crippen LogP contribution in [0.25, 0.3) is 0 Å². The van der Waals surface area contributed by atoms with E-state index >= 15 is 0 Å². The first-order valence-electron chi connectivity index (χ1n) is 8.47. The Morgan fingerprint density at radius 2 is 2.05 bits per heavy atom. The summed E-state index contributed by atoms with van der Waals surface area (Å²) in [6.45, 7) is 15.8. The van der Waals surface area contributed by atoms with Crippen LogP contribution < -0.4 is 5.32 Å². The minimum atomic E-state index is 0.404. The van der Waals surface area contributed by atoms with Crippen LogP contribution in [0.2, 0.25) is 0 Å². The Balaban J connectivity index is 1.80. The van der Waals surface area contributed by atoms with Crippen molar-refractivity contribution in [3.63, 3.8) is 0 Å². The molecule has 0 saturated carbocycles. The van der Waals surface area contributed by atoms with E-state index in [1.165, 1.54) is 32.5 Å².